The van der Waals surface area contributed by atoms with Gasteiger partial charge in [-0.2, -0.15) is 0 Å². The van der Waals surface area contributed by atoms with E-state index in [1.54, 1.807) is 30.3 Å². The molecule has 1 aliphatic rings. The normalized spacial score (nSPS) is 19.4. The molecule has 1 aliphatic heterocycles. The number of thioether (sulfide) groups is 1. The molecule has 26 heavy (non-hydrogen) atoms. The first-order chi connectivity index (χ1) is 12.3. The molecule has 0 bridgehead atoms. The first-order valence-electron chi connectivity index (χ1n) is 7.45. The van der Waals surface area contributed by atoms with Crippen molar-refractivity contribution < 1.29 is 38.1 Å². The Kier molecular flexibility index (Phi) is 6.40. The van der Waals surface area contributed by atoms with Gasteiger partial charge in [0.2, 0.25) is 28.8 Å². The summed E-state index contributed by atoms with van der Waals surface area (Å²) in [6.07, 6.45) is -3.13. The van der Waals surface area contributed by atoms with E-state index in [9.17, 15) is 19.2 Å². The number of carbonyl (C=O) groups excluding carboxylic acids is 4. The van der Waals surface area contributed by atoms with Crippen LogP contribution in [0, 0.1) is 0 Å². The topological polar surface area (TPSA) is 105 Å². The highest BCUT2D eigenvalue weighted by Crippen LogP contribution is 2.36. The number of hydrogen-bond donors (Lipinski definition) is 0. The third kappa shape index (κ3) is 4.63. The van der Waals surface area contributed by atoms with E-state index in [4.69, 9.17) is 14.2 Å². The van der Waals surface area contributed by atoms with Crippen LogP contribution < -0.4 is 0 Å². The lowest BCUT2D eigenvalue weighted by atomic mass is 10.1. The zero-order valence-electron chi connectivity index (χ0n) is 14.2. The van der Waals surface area contributed by atoms with Gasteiger partial charge in [-0.1, -0.05) is 18.2 Å². The van der Waals surface area contributed by atoms with E-state index < -0.39 is 41.7 Å². The van der Waals surface area contributed by atoms with Crippen molar-refractivity contribution in [1.29, 1.82) is 0 Å². The van der Waals surface area contributed by atoms with Crippen molar-refractivity contribution in [3.8, 4) is 0 Å². The Hall–Kier alpha value is -2.81. The molecule has 0 saturated heterocycles. The Morgan fingerprint density at radius 2 is 1.73 bits per heavy atom. The lowest BCUT2D eigenvalue weighted by molar-refractivity contribution is -0.175. The van der Waals surface area contributed by atoms with E-state index in [0.717, 1.165) is 32.7 Å². The average Bonchev–Trinajstić information content (AvgIpc) is 2.60. The molecule has 2 atom stereocenters. The van der Waals surface area contributed by atoms with Gasteiger partial charge < -0.3 is 18.9 Å². The highest BCUT2D eigenvalue weighted by molar-refractivity contribution is 8.03. The average molecular weight is 380 g/mol. The van der Waals surface area contributed by atoms with Crippen LogP contribution in [0.3, 0.4) is 0 Å². The van der Waals surface area contributed by atoms with Crippen LogP contribution in [0.15, 0.2) is 46.1 Å². The van der Waals surface area contributed by atoms with Crippen LogP contribution in [0.5, 0.6) is 0 Å². The summed E-state index contributed by atoms with van der Waals surface area (Å²) in [5.41, 5.74) is 0. The zero-order chi connectivity index (χ0) is 19.3. The van der Waals surface area contributed by atoms with Crippen molar-refractivity contribution in [2.75, 3.05) is 7.11 Å². The third-order valence-corrected chi connectivity index (χ3v) is 4.08. The lowest BCUT2D eigenvalue weighted by Crippen LogP contribution is -2.49. The zero-order valence-corrected chi connectivity index (χ0v) is 15.0. The molecule has 1 heterocycles. The number of benzene rings is 1. The molecule has 0 spiro atoms. The molecule has 9 heteroatoms. The van der Waals surface area contributed by atoms with E-state index >= 15 is 0 Å². The number of hydrogen-bond acceptors (Lipinski definition) is 9. The Bertz CT molecular complexity index is 755. The highest BCUT2D eigenvalue weighted by Gasteiger charge is 2.47. The first kappa shape index (κ1) is 19.5. The van der Waals surface area contributed by atoms with Crippen LogP contribution in [0.25, 0.3) is 0 Å². The summed E-state index contributed by atoms with van der Waals surface area (Å²) < 4.78 is 20.0. The van der Waals surface area contributed by atoms with E-state index in [0.29, 0.717) is 4.90 Å². The summed E-state index contributed by atoms with van der Waals surface area (Å²) in [7, 11) is 1.11. The number of esters is 3. The monoisotopic (exact) mass is 380 g/mol. The van der Waals surface area contributed by atoms with Gasteiger partial charge in [-0.15, -0.1) is 0 Å². The molecule has 0 aromatic heterocycles. The molecule has 2 rings (SSSR count). The minimum Gasteiger partial charge on any atom is -0.466 e. The summed E-state index contributed by atoms with van der Waals surface area (Å²) >= 11 is 0.982. The van der Waals surface area contributed by atoms with Gasteiger partial charge in [0.1, 0.15) is 0 Å². The minimum absolute atomic E-state index is 0.102. The summed E-state index contributed by atoms with van der Waals surface area (Å²) in [6, 6.07) is 8.80. The summed E-state index contributed by atoms with van der Waals surface area (Å²) in [6.45, 7) is 2.18. The van der Waals surface area contributed by atoms with Crippen LogP contribution >= 0.6 is 11.8 Å². The minimum atomic E-state index is -1.62. The Balaban J connectivity index is 2.46. The van der Waals surface area contributed by atoms with Crippen molar-refractivity contribution in [3.63, 3.8) is 0 Å². The number of methoxy groups -OCH3 is 1. The van der Waals surface area contributed by atoms with E-state index in [-0.39, 0.29) is 5.09 Å². The SMILES string of the molecule is COC(=O)[C@H]1OC(Sc2ccccc2)=C(OC(C)=O)C(=O)[C@@H]1OC(C)=O. The highest BCUT2D eigenvalue weighted by atomic mass is 32.2. The lowest BCUT2D eigenvalue weighted by Gasteiger charge is -2.30. The molecule has 1 aromatic rings. The molecule has 0 saturated carbocycles. The number of carbonyl (C=O) groups is 4. The van der Waals surface area contributed by atoms with Crippen molar-refractivity contribution in [3.05, 3.63) is 41.2 Å². The summed E-state index contributed by atoms with van der Waals surface area (Å²) in [5.74, 6) is -3.77. The predicted molar refractivity (Wildman–Crippen MR) is 88.5 cm³/mol. The largest absolute Gasteiger partial charge is 0.466 e. The fourth-order valence-electron chi connectivity index (χ4n) is 2.08. The molecule has 8 nitrogen and oxygen atoms in total. The maximum atomic E-state index is 12.7. The second-order valence-corrected chi connectivity index (χ2v) is 6.13. The quantitative estimate of drug-likeness (QED) is 0.556. The second-order valence-electron chi connectivity index (χ2n) is 5.08. The van der Waals surface area contributed by atoms with Crippen molar-refractivity contribution in [2.24, 2.45) is 0 Å². The Labute approximate surface area is 153 Å². The number of Topliss-reactive ketones (excluding diaryl/α,β-unsaturated/α-hetero) is 1. The first-order valence-corrected chi connectivity index (χ1v) is 8.26. The predicted octanol–water partition coefficient (Wildman–Crippen LogP) is 1.58. The molecule has 0 unspecified atom stereocenters. The van der Waals surface area contributed by atoms with Crippen molar-refractivity contribution >= 4 is 35.5 Å². The van der Waals surface area contributed by atoms with Crippen molar-refractivity contribution in [2.45, 2.75) is 31.0 Å². The van der Waals surface area contributed by atoms with Crippen LogP contribution in [0.1, 0.15) is 13.8 Å². The fraction of sp³-hybridized carbons (Fsp3) is 0.294. The molecule has 0 amide bonds. The van der Waals surface area contributed by atoms with Gasteiger partial charge in [0.15, 0.2) is 0 Å². The van der Waals surface area contributed by atoms with Crippen LogP contribution in [-0.4, -0.2) is 43.0 Å². The Morgan fingerprint density at radius 1 is 1.08 bits per heavy atom. The Morgan fingerprint density at radius 3 is 2.27 bits per heavy atom. The molecule has 0 radical (unpaired) electrons. The van der Waals surface area contributed by atoms with Crippen LogP contribution in [0.4, 0.5) is 0 Å². The standard InChI is InChI=1S/C17H16O8S/c1-9(18)23-13-12(20)14(24-10(2)19)17(25-15(13)16(21)22-3)26-11-7-5-4-6-8-11/h4-8,13,15H,1-3H3/t13-,15-/m0/s1. The molecule has 138 valence electrons. The number of ketones is 1. The van der Waals surface area contributed by atoms with Gasteiger partial charge >= 0.3 is 17.9 Å². The van der Waals surface area contributed by atoms with Gasteiger partial charge in [0.25, 0.3) is 0 Å². The molecule has 0 fully saturated rings. The number of ether oxygens (including phenoxy) is 4. The smallest absolute Gasteiger partial charge is 0.351 e. The third-order valence-electron chi connectivity index (χ3n) is 3.10. The molecular formula is C17H16O8S. The van der Waals surface area contributed by atoms with Gasteiger partial charge in [-0.3, -0.25) is 14.4 Å². The molecular weight excluding hydrogens is 364 g/mol. The maximum absolute atomic E-state index is 12.7. The molecule has 0 N–H and O–H groups in total. The second kappa shape index (κ2) is 8.52. The van der Waals surface area contributed by atoms with Crippen LogP contribution in [-0.2, 0) is 38.1 Å². The van der Waals surface area contributed by atoms with Gasteiger partial charge in [-0.25, -0.2) is 4.79 Å². The maximum Gasteiger partial charge on any atom is 0.351 e. The number of rotatable bonds is 5. The van der Waals surface area contributed by atoms with Crippen molar-refractivity contribution in [1.82, 2.24) is 0 Å². The molecule has 1 aromatic carbocycles. The van der Waals surface area contributed by atoms with Crippen LogP contribution in [0.2, 0.25) is 0 Å². The van der Waals surface area contributed by atoms with E-state index in [2.05, 4.69) is 4.74 Å². The summed E-state index contributed by atoms with van der Waals surface area (Å²) in [5, 5.41) is -0.102. The fourth-order valence-corrected chi connectivity index (χ4v) is 2.98. The van der Waals surface area contributed by atoms with Gasteiger partial charge in [0, 0.05) is 18.7 Å². The van der Waals surface area contributed by atoms with E-state index in [1.807, 2.05) is 0 Å². The van der Waals surface area contributed by atoms with Gasteiger partial charge in [0.05, 0.1) is 7.11 Å². The van der Waals surface area contributed by atoms with E-state index in [1.165, 1.54) is 0 Å². The van der Waals surface area contributed by atoms with Gasteiger partial charge in [-0.05, 0) is 23.9 Å². The molecule has 0 aliphatic carbocycles. The summed E-state index contributed by atoms with van der Waals surface area (Å²) in [4.78, 5) is 48.1.